The molecule has 0 aliphatic carbocycles. The molecule has 0 spiro atoms. The van der Waals surface area contributed by atoms with Crippen molar-refractivity contribution < 1.29 is 19.4 Å². The lowest BCUT2D eigenvalue weighted by atomic mass is 9.95. The number of carbonyl (C=O) groups excluding carboxylic acids is 1. The lowest BCUT2D eigenvalue weighted by Crippen LogP contribution is -2.27. The van der Waals surface area contributed by atoms with Crippen LogP contribution in [0.2, 0.25) is 0 Å². The first-order valence-corrected chi connectivity index (χ1v) is 7.70. The van der Waals surface area contributed by atoms with Crippen molar-refractivity contribution in [1.29, 1.82) is 0 Å². The van der Waals surface area contributed by atoms with Crippen LogP contribution in [0.5, 0.6) is 5.75 Å². The van der Waals surface area contributed by atoms with E-state index in [0.29, 0.717) is 17.9 Å². The molecule has 0 saturated heterocycles. The molecule has 1 amide bonds. The van der Waals surface area contributed by atoms with E-state index in [-0.39, 0.29) is 12.3 Å². The average Bonchev–Trinajstić information content (AvgIpc) is 2.56. The minimum absolute atomic E-state index is 0.227. The Balaban J connectivity index is 2.12. The van der Waals surface area contributed by atoms with Crippen LogP contribution in [0.3, 0.4) is 0 Å². The van der Waals surface area contributed by atoms with E-state index in [1.54, 1.807) is 19.2 Å². The first-order valence-electron chi connectivity index (χ1n) is 7.70. The molecule has 0 radical (unpaired) electrons. The van der Waals surface area contributed by atoms with Crippen LogP contribution >= 0.6 is 0 Å². The SMILES string of the molecule is COc1cccc(CC(CC(=O)O)C(=O)Nc2ccc(C)cc2)c1. The summed E-state index contributed by atoms with van der Waals surface area (Å²) in [6, 6.07) is 14.7. The molecule has 2 N–H and O–H groups in total. The number of carboxylic acids is 1. The third-order valence-electron chi connectivity index (χ3n) is 3.73. The Morgan fingerprint density at radius 3 is 2.50 bits per heavy atom. The van der Waals surface area contributed by atoms with Crippen molar-refractivity contribution in [2.24, 2.45) is 5.92 Å². The summed E-state index contributed by atoms with van der Waals surface area (Å²) in [5, 5.41) is 11.9. The number of rotatable bonds is 7. The van der Waals surface area contributed by atoms with Crippen molar-refractivity contribution >= 4 is 17.6 Å². The number of hydrogen-bond donors (Lipinski definition) is 2. The van der Waals surface area contributed by atoms with Crippen molar-refractivity contribution in [3.05, 3.63) is 59.7 Å². The summed E-state index contributed by atoms with van der Waals surface area (Å²) in [6.07, 6.45) is 0.107. The number of ether oxygens (including phenoxy) is 1. The summed E-state index contributed by atoms with van der Waals surface area (Å²) in [5.74, 6) is -1.28. The van der Waals surface area contributed by atoms with Gasteiger partial charge in [0.05, 0.1) is 19.4 Å². The van der Waals surface area contributed by atoms with Crippen LogP contribution in [0, 0.1) is 12.8 Å². The molecule has 5 heteroatoms. The molecule has 2 aromatic rings. The van der Waals surface area contributed by atoms with E-state index in [2.05, 4.69) is 5.32 Å². The molecule has 0 fully saturated rings. The molecule has 0 aromatic heterocycles. The van der Waals surface area contributed by atoms with E-state index in [0.717, 1.165) is 11.1 Å². The minimum Gasteiger partial charge on any atom is -0.497 e. The van der Waals surface area contributed by atoms with Crippen LogP contribution in [0.1, 0.15) is 17.5 Å². The van der Waals surface area contributed by atoms with Gasteiger partial charge in [0.15, 0.2) is 0 Å². The molecule has 24 heavy (non-hydrogen) atoms. The number of carboxylic acid groups (broad SMARTS) is 1. The highest BCUT2D eigenvalue weighted by atomic mass is 16.5. The molecule has 2 aromatic carbocycles. The van der Waals surface area contributed by atoms with Crippen molar-refractivity contribution in [3.63, 3.8) is 0 Å². The van der Waals surface area contributed by atoms with E-state index in [4.69, 9.17) is 9.84 Å². The normalized spacial score (nSPS) is 11.6. The molecular formula is C19H21NO4. The van der Waals surface area contributed by atoms with Gasteiger partial charge in [0, 0.05) is 5.69 Å². The fourth-order valence-corrected chi connectivity index (χ4v) is 2.43. The maximum Gasteiger partial charge on any atom is 0.304 e. The Hall–Kier alpha value is -2.82. The first kappa shape index (κ1) is 17.5. The number of amides is 1. The Morgan fingerprint density at radius 1 is 1.17 bits per heavy atom. The standard InChI is InChI=1S/C19H21NO4/c1-13-6-8-16(9-7-13)20-19(23)15(12-18(21)22)10-14-4-3-5-17(11-14)24-2/h3-9,11,15H,10,12H2,1-2H3,(H,20,23)(H,21,22). The molecule has 0 heterocycles. The third-order valence-corrected chi connectivity index (χ3v) is 3.73. The molecule has 0 saturated carbocycles. The van der Waals surface area contributed by atoms with E-state index in [1.165, 1.54) is 0 Å². The van der Waals surface area contributed by atoms with Crippen LogP contribution in [-0.2, 0) is 16.0 Å². The number of hydrogen-bond acceptors (Lipinski definition) is 3. The van der Waals surface area contributed by atoms with Gasteiger partial charge in [0.1, 0.15) is 5.75 Å². The van der Waals surface area contributed by atoms with Gasteiger partial charge in [-0.1, -0.05) is 29.8 Å². The number of benzene rings is 2. The molecule has 1 atom stereocenters. The molecule has 2 rings (SSSR count). The van der Waals surface area contributed by atoms with Gasteiger partial charge in [0.25, 0.3) is 0 Å². The third kappa shape index (κ3) is 5.12. The zero-order valence-corrected chi connectivity index (χ0v) is 13.8. The highest BCUT2D eigenvalue weighted by Crippen LogP contribution is 2.20. The monoisotopic (exact) mass is 327 g/mol. The van der Waals surface area contributed by atoms with Crippen LogP contribution in [-0.4, -0.2) is 24.1 Å². The zero-order valence-electron chi connectivity index (χ0n) is 13.8. The van der Waals surface area contributed by atoms with Gasteiger partial charge < -0.3 is 15.2 Å². The smallest absolute Gasteiger partial charge is 0.304 e. The summed E-state index contributed by atoms with van der Waals surface area (Å²) in [5.41, 5.74) is 2.61. The number of aryl methyl sites for hydroxylation is 1. The molecule has 5 nitrogen and oxygen atoms in total. The number of anilines is 1. The van der Waals surface area contributed by atoms with E-state index >= 15 is 0 Å². The Kier molecular flexibility index (Phi) is 5.95. The largest absolute Gasteiger partial charge is 0.497 e. The van der Waals surface area contributed by atoms with Gasteiger partial charge in [-0.3, -0.25) is 9.59 Å². The lowest BCUT2D eigenvalue weighted by Gasteiger charge is -2.16. The summed E-state index contributed by atoms with van der Waals surface area (Å²) in [4.78, 5) is 23.6. The van der Waals surface area contributed by atoms with E-state index in [9.17, 15) is 9.59 Å². The number of carbonyl (C=O) groups is 2. The van der Waals surface area contributed by atoms with Gasteiger partial charge >= 0.3 is 5.97 Å². The minimum atomic E-state index is -0.998. The fourth-order valence-electron chi connectivity index (χ4n) is 2.43. The van der Waals surface area contributed by atoms with E-state index < -0.39 is 11.9 Å². The van der Waals surface area contributed by atoms with Gasteiger partial charge in [-0.05, 0) is 43.2 Å². The van der Waals surface area contributed by atoms with Gasteiger partial charge in [-0.25, -0.2) is 0 Å². The molecule has 1 unspecified atom stereocenters. The zero-order chi connectivity index (χ0) is 17.5. The summed E-state index contributed by atoms with van der Waals surface area (Å²) in [6.45, 7) is 1.96. The lowest BCUT2D eigenvalue weighted by molar-refractivity contribution is -0.140. The van der Waals surface area contributed by atoms with Crippen LogP contribution in [0.15, 0.2) is 48.5 Å². The Bertz CT molecular complexity index is 710. The maximum absolute atomic E-state index is 12.5. The van der Waals surface area contributed by atoms with Crippen molar-refractivity contribution in [2.75, 3.05) is 12.4 Å². The van der Waals surface area contributed by atoms with Crippen LogP contribution in [0.25, 0.3) is 0 Å². The highest BCUT2D eigenvalue weighted by molar-refractivity contribution is 5.94. The first-order chi connectivity index (χ1) is 11.5. The predicted molar refractivity (Wildman–Crippen MR) is 92.2 cm³/mol. The summed E-state index contributed by atoms with van der Waals surface area (Å²) < 4.78 is 5.17. The Morgan fingerprint density at radius 2 is 1.88 bits per heavy atom. The summed E-state index contributed by atoms with van der Waals surface area (Å²) in [7, 11) is 1.57. The van der Waals surface area contributed by atoms with Gasteiger partial charge in [0.2, 0.25) is 5.91 Å². The van der Waals surface area contributed by atoms with Crippen LogP contribution < -0.4 is 10.1 Å². The quantitative estimate of drug-likeness (QED) is 0.818. The van der Waals surface area contributed by atoms with Gasteiger partial charge in [-0.15, -0.1) is 0 Å². The predicted octanol–water partition coefficient (Wildman–Crippen LogP) is 3.28. The molecule has 0 aliphatic rings. The Labute approximate surface area is 141 Å². The average molecular weight is 327 g/mol. The van der Waals surface area contributed by atoms with Crippen LogP contribution in [0.4, 0.5) is 5.69 Å². The van der Waals surface area contributed by atoms with Gasteiger partial charge in [-0.2, -0.15) is 0 Å². The maximum atomic E-state index is 12.5. The summed E-state index contributed by atoms with van der Waals surface area (Å²) >= 11 is 0. The topological polar surface area (TPSA) is 75.6 Å². The number of nitrogens with one attached hydrogen (secondary N) is 1. The highest BCUT2D eigenvalue weighted by Gasteiger charge is 2.22. The van der Waals surface area contributed by atoms with Crippen molar-refractivity contribution in [2.45, 2.75) is 19.8 Å². The van der Waals surface area contributed by atoms with Crippen molar-refractivity contribution in [1.82, 2.24) is 0 Å². The number of aliphatic carboxylic acids is 1. The second kappa shape index (κ2) is 8.15. The fraction of sp³-hybridized carbons (Fsp3) is 0.263. The molecule has 0 aliphatic heterocycles. The molecule has 126 valence electrons. The molecular weight excluding hydrogens is 306 g/mol. The second-order valence-corrected chi connectivity index (χ2v) is 5.71. The second-order valence-electron chi connectivity index (χ2n) is 5.71. The molecule has 0 bridgehead atoms. The van der Waals surface area contributed by atoms with E-state index in [1.807, 2.05) is 43.3 Å². The number of methoxy groups -OCH3 is 1. The van der Waals surface area contributed by atoms with Crippen molar-refractivity contribution in [3.8, 4) is 5.75 Å².